The zero-order valence-corrected chi connectivity index (χ0v) is 18.3. The van der Waals surface area contributed by atoms with Crippen LogP contribution in [0.3, 0.4) is 0 Å². The predicted molar refractivity (Wildman–Crippen MR) is 121 cm³/mol. The molecule has 2 aliphatic carbocycles. The van der Waals surface area contributed by atoms with Gasteiger partial charge in [0.1, 0.15) is 12.1 Å². The number of carbonyl (C=O) groups excluding carboxylic acids is 1. The first-order valence-electron chi connectivity index (χ1n) is 10.3. The Morgan fingerprint density at radius 2 is 2.21 bits per heavy atom. The number of aldehydes is 1. The van der Waals surface area contributed by atoms with E-state index < -0.39 is 0 Å². The van der Waals surface area contributed by atoms with E-state index in [9.17, 15) is 4.79 Å². The molecule has 1 unspecified atom stereocenters. The Kier molecular flexibility index (Phi) is 7.38. The smallest absolute Gasteiger partial charge is 0.149 e. The molecule has 6 nitrogen and oxygen atoms in total. The van der Waals surface area contributed by atoms with Gasteiger partial charge in [0.05, 0.1) is 11.4 Å². The summed E-state index contributed by atoms with van der Waals surface area (Å²) < 4.78 is 2.07. The van der Waals surface area contributed by atoms with Crippen LogP contribution in [0.2, 0.25) is 0 Å². The van der Waals surface area contributed by atoms with Gasteiger partial charge in [-0.25, -0.2) is 4.98 Å². The average Bonchev–Trinajstić information content (AvgIpc) is 3.30. The van der Waals surface area contributed by atoms with Crippen LogP contribution in [-0.2, 0) is 16.8 Å². The van der Waals surface area contributed by atoms with Crippen LogP contribution in [0.4, 0.5) is 0 Å². The monoisotopic (exact) mass is 415 g/mol. The van der Waals surface area contributed by atoms with Crippen LogP contribution in [0.5, 0.6) is 0 Å². The molecule has 1 aliphatic heterocycles. The van der Waals surface area contributed by atoms with E-state index in [2.05, 4.69) is 29.5 Å². The van der Waals surface area contributed by atoms with Gasteiger partial charge in [-0.05, 0) is 26.3 Å². The molecule has 7 heteroatoms. The molecule has 0 aromatic carbocycles. The molecule has 0 radical (unpaired) electrons. The molecule has 1 aromatic heterocycles. The highest BCUT2D eigenvalue weighted by Crippen LogP contribution is 2.41. The van der Waals surface area contributed by atoms with Gasteiger partial charge in [-0.3, -0.25) is 9.69 Å². The number of carbonyl (C=O) groups is 1. The van der Waals surface area contributed by atoms with Crippen LogP contribution in [0.25, 0.3) is 6.20 Å². The zero-order chi connectivity index (χ0) is 20.9. The predicted octanol–water partition coefficient (Wildman–Crippen LogP) is 2.96. The van der Waals surface area contributed by atoms with Crippen molar-refractivity contribution in [3.8, 4) is 0 Å². The molecule has 1 saturated heterocycles. The maximum atomic E-state index is 10.9. The van der Waals surface area contributed by atoms with Gasteiger partial charge >= 0.3 is 0 Å². The summed E-state index contributed by atoms with van der Waals surface area (Å²) in [5.74, 6) is 4.12. The molecule has 29 heavy (non-hydrogen) atoms. The third kappa shape index (κ3) is 4.85. The van der Waals surface area contributed by atoms with Gasteiger partial charge in [-0.2, -0.15) is 0 Å². The standard InChI is InChI=1S/C18H24N4O.C4H9NS/c1-18(7-5-13(12-23)6-8-18)16-15(11-20)22(10-9-19)17(21-16)14-3-2-4-14;1-5-2-3-6-4-5/h5-7,9-10,12,14H,2-4,8,11,19-20H2,1H3;2-4H2,1H3/b10-9-;. The third-order valence-electron chi connectivity index (χ3n) is 5.95. The highest BCUT2D eigenvalue weighted by molar-refractivity contribution is 7.99. The van der Waals surface area contributed by atoms with Gasteiger partial charge in [0, 0.05) is 54.0 Å². The molecular formula is C22H33N5OS. The van der Waals surface area contributed by atoms with E-state index in [0.717, 1.165) is 35.5 Å². The SMILES string of the molecule is CC1(c2nc(C3CCC3)n(/C=C\N)c2CN)C=CC(C=O)=CC1.CN1CCSC1. The Morgan fingerprint density at radius 1 is 1.41 bits per heavy atom. The lowest BCUT2D eigenvalue weighted by molar-refractivity contribution is -0.104. The molecule has 4 rings (SSSR count). The van der Waals surface area contributed by atoms with Crippen molar-refractivity contribution in [2.24, 2.45) is 11.5 Å². The number of thioether (sulfide) groups is 1. The number of aromatic nitrogens is 2. The lowest BCUT2D eigenvalue weighted by Gasteiger charge is -2.27. The highest BCUT2D eigenvalue weighted by Gasteiger charge is 2.34. The fraction of sp³-hybridized carbons (Fsp3) is 0.545. The summed E-state index contributed by atoms with van der Waals surface area (Å²) in [6, 6.07) is 0. The van der Waals surface area contributed by atoms with E-state index in [1.807, 2.05) is 30.1 Å². The van der Waals surface area contributed by atoms with Gasteiger partial charge < -0.3 is 16.0 Å². The molecule has 0 bridgehead atoms. The van der Waals surface area contributed by atoms with Crippen molar-refractivity contribution in [2.75, 3.05) is 25.2 Å². The van der Waals surface area contributed by atoms with Crippen molar-refractivity contribution in [2.45, 2.75) is 50.5 Å². The molecule has 2 heterocycles. The summed E-state index contributed by atoms with van der Waals surface area (Å²) in [5.41, 5.74) is 14.2. The molecule has 1 aromatic rings. The molecule has 0 amide bonds. The van der Waals surface area contributed by atoms with Crippen LogP contribution in [0, 0.1) is 0 Å². The quantitative estimate of drug-likeness (QED) is 0.719. The average molecular weight is 416 g/mol. The maximum absolute atomic E-state index is 10.9. The van der Waals surface area contributed by atoms with Crippen molar-refractivity contribution in [1.82, 2.24) is 14.5 Å². The number of imidazole rings is 1. The first-order valence-corrected chi connectivity index (χ1v) is 11.5. The van der Waals surface area contributed by atoms with E-state index >= 15 is 0 Å². The van der Waals surface area contributed by atoms with Gasteiger partial charge in [0.2, 0.25) is 0 Å². The van der Waals surface area contributed by atoms with E-state index in [1.54, 1.807) is 0 Å². The summed E-state index contributed by atoms with van der Waals surface area (Å²) in [6.45, 7) is 3.84. The first-order chi connectivity index (χ1) is 14.0. The fourth-order valence-electron chi connectivity index (χ4n) is 3.86. The molecule has 4 N–H and O–H groups in total. The van der Waals surface area contributed by atoms with E-state index in [0.29, 0.717) is 12.5 Å². The fourth-order valence-corrected chi connectivity index (χ4v) is 4.87. The summed E-state index contributed by atoms with van der Waals surface area (Å²) in [4.78, 5) is 18.2. The normalized spacial score (nSPS) is 24.9. The minimum absolute atomic E-state index is 0.243. The van der Waals surface area contributed by atoms with Crippen molar-refractivity contribution >= 4 is 24.2 Å². The molecule has 1 saturated carbocycles. The van der Waals surface area contributed by atoms with Gasteiger partial charge in [0.25, 0.3) is 0 Å². The second-order valence-electron chi connectivity index (χ2n) is 8.20. The zero-order valence-electron chi connectivity index (χ0n) is 17.5. The van der Waals surface area contributed by atoms with Crippen LogP contribution in [0.15, 0.2) is 30.0 Å². The van der Waals surface area contributed by atoms with Crippen LogP contribution in [-0.4, -0.2) is 46.0 Å². The Hall–Kier alpha value is -1.83. The van der Waals surface area contributed by atoms with Crippen molar-refractivity contribution in [3.63, 3.8) is 0 Å². The van der Waals surface area contributed by atoms with Crippen LogP contribution < -0.4 is 11.5 Å². The first kappa shape index (κ1) is 21.9. The number of allylic oxidation sites excluding steroid dienone is 4. The Morgan fingerprint density at radius 3 is 2.62 bits per heavy atom. The van der Waals surface area contributed by atoms with E-state index in [4.69, 9.17) is 16.5 Å². The molecule has 1 atom stereocenters. The minimum Gasteiger partial charge on any atom is -0.403 e. The second-order valence-corrected chi connectivity index (χ2v) is 9.28. The van der Waals surface area contributed by atoms with Crippen molar-refractivity contribution < 1.29 is 4.79 Å². The van der Waals surface area contributed by atoms with Crippen molar-refractivity contribution in [3.05, 3.63) is 47.2 Å². The van der Waals surface area contributed by atoms with Gasteiger partial charge in [-0.15, -0.1) is 11.8 Å². The third-order valence-corrected chi connectivity index (χ3v) is 7.04. The lowest BCUT2D eigenvalue weighted by atomic mass is 9.78. The van der Waals surface area contributed by atoms with Gasteiger partial charge in [0.15, 0.2) is 0 Å². The number of hydrogen-bond donors (Lipinski definition) is 2. The number of hydrogen-bond acceptors (Lipinski definition) is 6. The molecule has 0 spiro atoms. The second kappa shape index (κ2) is 9.78. The number of nitrogens with two attached hydrogens (primary N) is 2. The molecule has 158 valence electrons. The highest BCUT2D eigenvalue weighted by atomic mass is 32.2. The summed E-state index contributed by atoms with van der Waals surface area (Å²) in [7, 11) is 2.15. The minimum atomic E-state index is -0.243. The number of nitrogens with zero attached hydrogens (tertiary/aromatic N) is 3. The van der Waals surface area contributed by atoms with E-state index in [-0.39, 0.29) is 5.41 Å². The summed E-state index contributed by atoms with van der Waals surface area (Å²) in [6.07, 6.45) is 14.5. The molecule has 3 aliphatic rings. The van der Waals surface area contributed by atoms with Crippen molar-refractivity contribution in [1.29, 1.82) is 0 Å². The summed E-state index contributed by atoms with van der Waals surface area (Å²) in [5, 5.41) is 0. The molecule has 2 fully saturated rings. The lowest BCUT2D eigenvalue weighted by Crippen LogP contribution is -2.24. The van der Waals surface area contributed by atoms with E-state index in [1.165, 1.54) is 43.6 Å². The number of rotatable bonds is 5. The Balaban J connectivity index is 0.000000343. The van der Waals surface area contributed by atoms with Crippen LogP contribution >= 0.6 is 11.8 Å². The maximum Gasteiger partial charge on any atom is 0.149 e. The molecular weight excluding hydrogens is 382 g/mol. The van der Waals surface area contributed by atoms with Crippen LogP contribution in [0.1, 0.15) is 55.7 Å². The topological polar surface area (TPSA) is 90.2 Å². The van der Waals surface area contributed by atoms with Gasteiger partial charge in [-0.1, -0.05) is 31.6 Å². The Labute approximate surface area is 178 Å². The Bertz CT molecular complexity index is 802. The largest absolute Gasteiger partial charge is 0.403 e. The summed E-state index contributed by atoms with van der Waals surface area (Å²) >= 11 is 2.01.